The minimum atomic E-state index is 0.887. The van der Waals surface area contributed by atoms with E-state index in [1.54, 1.807) is 0 Å². The SMILES string of the molecule is CCC1CCC(CC)N(CC)C1. The van der Waals surface area contributed by atoms with Gasteiger partial charge in [0.1, 0.15) is 0 Å². The first kappa shape index (κ1) is 10.0. The van der Waals surface area contributed by atoms with Crippen LogP contribution in [0.3, 0.4) is 0 Å². The molecule has 0 spiro atoms. The molecule has 0 aromatic heterocycles. The number of piperidine rings is 1. The normalized spacial score (nSPS) is 32.2. The molecule has 0 aliphatic carbocycles. The van der Waals surface area contributed by atoms with Crippen LogP contribution in [0.1, 0.15) is 46.5 Å². The van der Waals surface area contributed by atoms with Crippen LogP contribution >= 0.6 is 0 Å². The van der Waals surface area contributed by atoms with Crippen molar-refractivity contribution in [3.05, 3.63) is 0 Å². The maximum atomic E-state index is 2.66. The monoisotopic (exact) mass is 169 g/mol. The topological polar surface area (TPSA) is 3.24 Å². The van der Waals surface area contributed by atoms with E-state index in [4.69, 9.17) is 0 Å². The number of hydrogen-bond acceptors (Lipinski definition) is 1. The van der Waals surface area contributed by atoms with E-state index in [9.17, 15) is 0 Å². The molecule has 0 aromatic rings. The molecule has 2 atom stereocenters. The first-order chi connectivity index (χ1) is 5.81. The molecular weight excluding hydrogens is 146 g/mol. The van der Waals surface area contributed by atoms with Gasteiger partial charge in [0, 0.05) is 12.6 Å². The van der Waals surface area contributed by atoms with Crippen molar-refractivity contribution in [1.82, 2.24) is 4.90 Å². The van der Waals surface area contributed by atoms with Crippen molar-refractivity contribution in [3.63, 3.8) is 0 Å². The third-order valence-corrected chi connectivity index (χ3v) is 3.37. The van der Waals surface area contributed by atoms with Gasteiger partial charge in [0.15, 0.2) is 0 Å². The highest BCUT2D eigenvalue weighted by atomic mass is 15.2. The molecular formula is C11H23N. The summed E-state index contributed by atoms with van der Waals surface area (Å²) in [6, 6.07) is 0.887. The molecule has 1 rings (SSSR count). The van der Waals surface area contributed by atoms with E-state index >= 15 is 0 Å². The van der Waals surface area contributed by atoms with Gasteiger partial charge in [0.05, 0.1) is 0 Å². The summed E-state index contributed by atoms with van der Waals surface area (Å²) in [6.07, 6.45) is 5.60. The van der Waals surface area contributed by atoms with E-state index < -0.39 is 0 Å². The molecule has 2 unspecified atom stereocenters. The molecule has 1 nitrogen and oxygen atoms in total. The van der Waals surface area contributed by atoms with E-state index in [1.165, 1.54) is 38.8 Å². The first-order valence-electron chi connectivity index (χ1n) is 5.55. The van der Waals surface area contributed by atoms with Crippen molar-refractivity contribution in [2.75, 3.05) is 13.1 Å². The third-order valence-electron chi connectivity index (χ3n) is 3.37. The maximum Gasteiger partial charge on any atom is 0.00927 e. The fourth-order valence-electron chi connectivity index (χ4n) is 2.37. The second-order valence-electron chi connectivity index (χ2n) is 4.00. The third kappa shape index (κ3) is 2.22. The van der Waals surface area contributed by atoms with E-state index in [0.717, 1.165) is 12.0 Å². The summed E-state index contributed by atoms with van der Waals surface area (Å²) in [7, 11) is 0. The van der Waals surface area contributed by atoms with Crippen LogP contribution in [-0.2, 0) is 0 Å². The van der Waals surface area contributed by atoms with Crippen molar-refractivity contribution >= 4 is 0 Å². The fraction of sp³-hybridized carbons (Fsp3) is 1.00. The molecule has 1 heteroatoms. The zero-order valence-electron chi connectivity index (χ0n) is 8.84. The van der Waals surface area contributed by atoms with Crippen molar-refractivity contribution in [2.24, 2.45) is 5.92 Å². The van der Waals surface area contributed by atoms with Crippen LogP contribution < -0.4 is 0 Å². The molecule has 0 saturated carbocycles. The summed E-state index contributed by atoms with van der Waals surface area (Å²) in [6.45, 7) is 9.53. The van der Waals surface area contributed by atoms with Crippen molar-refractivity contribution in [3.8, 4) is 0 Å². The van der Waals surface area contributed by atoms with E-state index in [0.29, 0.717) is 0 Å². The van der Waals surface area contributed by atoms with Gasteiger partial charge in [-0.1, -0.05) is 27.2 Å². The molecule has 1 fully saturated rings. The number of nitrogens with zero attached hydrogens (tertiary/aromatic N) is 1. The van der Waals surface area contributed by atoms with Gasteiger partial charge < -0.3 is 4.90 Å². The highest BCUT2D eigenvalue weighted by Crippen LogP contribution is 2.25. The lowest BCUT2D eigenvalue weighted by Crippen LogP contribution is -2.42. The summed E-state index contributed by atoms with van der Waals surface area (Å²) in [5.41, 5.74) is 0. The van der Waals surface area contributed by atoms with Gasteiger partial charge in [-0.25, -0.2) is 0 Å². The molecule has 72 valence electrons. The summed E-state index contributed by atoms with van der Waals surface area (Å²) in [4.78, 5) is 2.66. The van der Waals surface area contributed by atoms with Crippen LogP contribution in [0, 0.1) is 5.92 Å². The molecule has 0 amide bonds. The van der Waals surface area contributed by atoms with E-state index in [2.05, 4.69) is 25.7 Å². The van der Waals surface area contributed by atoms with Gasteiger partial charge in [-0.2, -0.15) is 0 Å². The van der Waals surface area contributed by atoms with Gasteiger partial charge in [0.25, 0.3) is 0 Å². The highest BCUT2D eigenvalue weighted by Gasteiger charge is 2.24. The van der Waals surface area contributed by atoms with E-state index in [1.807, 2.05) is 0 Å². The second kappa shape index (κ2) is 4.86. The number of rotatable bonds is 3. The molecule has 1 saturated heterocycles. The van der Waals surface area contributed by atoms with Gasteiger partial charge in [-0.15, -0.1) is 0 Å². The molecule has 1 heterocycles. The Bertz CT molecular complexity index is 122. The molecule has 0 aromatic carbocycles. The molecule has 1 aliphatic heterocycles. The smallest absolute Gasteiger partial charge is 0.00927 e. The Morgan fingerprint density at radius 3 is 2.33 bits per heavy atom. The highest BCUT2D eigenvalue weighted by molar-refractivity contribution is 4.79. The number of hydrogen-bond donors (Lipinski definition) is 0. The van der Waals surface area contributed by atoms with Crippen molar-refractivity contribution < 1.29 is 0 Å². The number of likely N-dealkylation sites (tertiary alicyclic amines) is 1. The Kier molecular flexibility index (Phi) is 4.07. The Hall–Kier alpha value is -0.0400. The molecule has 1 aliphatic rings. The van der Waals surface area contributed by atoms with Crippen LogP contribution in [-0.4, -0.2) is 24.0 Å². The summed E-state index contributed by atoms with van der Waals surface area (Å²) in [5.74, 6) is 0.979. The lowest BCUT2D eigenvalue weighted by Gasteiger charge is -2.38. The summed E-state index contributed by atoms with van der Waals surface area (Å²) < 4.78 is 0. The second-order valence-corrected chi connectivity index (χ2v) is 4.00. The fourth-order valence-corrected chi connectivity index (χ4v) is 2.37. The maximum absolute atomic E-state index is 2.66. The van der Waals surface area contributed by atoms with Gasteiger partial charge in [0.2, 0.25) is 0 Å². The Morgan fingerprint density at radius 2 is 1.83 bits per heavy atom. The minimum absolute atomic E-state index is 0.887. The molecule has 0 N–H and O–H groups in total. The van der Waals surface area contributed by atoms with Crippen molar-refractivity contribution in [1.29, 1.82) is 0 Å². The van der Waals surface area contributed by atoms with Gasteiger partial charge in [-0.05, 0) is 31.7 Å². The van der Waals surface area contributed by atoms with Gasteiger partial charge in [-0.3, -0.25) is 0 Å². The molecule has 0 bridgehead atoms. The van der Waals surface area contributed by atoms with Crippen LogP contribution in [0.5, 0.6) is 0 Å². The predicted molar refractivity (Wildman–Crippen MR) is 54.3 cm³/mol. The zero-order chi connectivity index (χ0) is 8.97. The lowest BCUT2D eigenvalue weighted by molar-refractivity contribution is 0.109. The van der Waals surface area contributed by atoms with Crippen LogP contribution in [0.15, 0.2) is 0 Å². The quantitative estimate of drug-likeness (QED) is 0.628. The lowest BCUT2D eigenvalue weighted by atomic mass is 9.90. The average Bonchev–Trinajstić information content (AvgIpc) is 2.16. The summed E-state index contributed by atoms with van der Waals surface area (Å²) >= 11 is 0. The summed E-state index contributed by atoms with van der Waals surface area (Å²) in [5, 5.41) is 0. The standard InChI is InChI=1S/C11H23N/c1-4-10-7-8-11(5-2)12(6-3)9-10/h10-11H,4-9H2,1-3H3. The van der Waals surface area contributed by atoms with Crippen LogP contribution in [0.4, 0.5) is 0 Å². The largest absolute Gasteiger partial charge is 0.300 e. The molecule has 0 radical (unpaired) electrons. The Balaban J connectivity index is 2.41. The Labute approximate surface area is 77.1 Å². The minimum Gasteiger partial charge on any atom is -0.300 e. The van der Waals surface area contributed by atoms with E-state index in [-0.39, 0.29) is 0 Å². The van der Waals surface area contributed by atoms with Crippen LogP contribution in [0.25, 0.3) is 0 Å². The van der Waals surface area contributed by atoms with Crippen molar-refractivity contribution in [2.45, 2.75) is 52.5 Å². The zero-order valence-corrected chi connectivity index (χ0v) is 8.84. The van der Waals surface area contributed by atoms with Gasteiger partial charge >= 0.3 is 0 Å². The average molecular weight is 169 g/mol. The Morgan fingerprint density at radius 1 is 1.08 bits per heavy atom. The first-order valence-corrected chi connectivity index (χ1v) is 5.55. The predicted octanol–water partition coefficient (Wildman–Crippen LogP) is 2.91. The van der Waals surface area contributed by atoms with Crippen LogP contribution in [0.2, 0.25) is 0 Å². The molecule has 12 heavy (non-hydrogen) atoms.